The Morgan fingerprint density at radius 2 is 1.90 bits per heavy atom. The first-order valence-electron chi connectivity index (χ1n) is 10.6. The van der Waals surface area contributed by atoms with Crippen molar-refractivity contribution in [2.45, 2.75) is 45.7 Å². The van der Waals surface area contributed by atoms with Crippen LogP contribution >= 0.6 is 12.2 Å². The Morgan fingerprint density at radius 1 is 1.20 bits per heavy atom. The Kier molecular flexibility index (Phi) is 6.13. The van der Waals surface area contributed by atoms with E-state index in [1.807, 2.05) is 39.8 Å². The predicted molar refractivity (Wildman–Crippen MR) is 121 cm³/mol. The molecule has 5 nitrogen and oxygen atoms in total. The zero-order valence-corrected chi connectivity index (χ0v) is 18.4. The van der Waals surface area contributed by atoms with Gasteiger partial charge in [-0.2, -0.15) is 5.10 Å². The Morgan fingerprint density at radius 3 is 2.57 bits per heavy atom. The van der Waals surface area contributed by atoms with Crippen LogP contribution in [0.5, 0.6) is 0 Å². The maximum absolute atomic E-state index is 13.3. The topological polar surface area (TPSA) is 53.9 Å². The number of benzene rings is 2. The van der Waals surface area contributed by atoms with E-state index in [9.17, 15) is 4.79 Å². The number of H-pyrrole nitrogens is 1. The van der Waals surface area contributed by atoms with Crippen LogP contribution in [-0.4, -0.2) is 32.1 Å². The van der Waals surface area contributed by atoms with Gasteiger partial charge >= 0.3 is 0 Å². The highest BCUT2D eigenvalue weighted by Crippen LogP contribution is 2.33. The van der Waals surface area contributed by atoms with Crippen LogP contribution in [0, 0.1) is 17.6 Å². The fourth-order valence-corrected chi connectivity index (χ4v) is 3.99. The minimum absolute atomic E-state index is 0.0631. The molecule has 1 atom stereocenters. The molecule has 1 amide bonds. The Balaban J connectivity index is 1.50. The number of carbonyl (C=O) groups excluding carboxylic acids is 1. The van der Waals surface area contributed by atoms with Gasteiger partial charge in [-0.3, -0.25) is 14.5 Å². The largest absolute Gasteiger partial charge is 0.336 e. The lowest BCUT2D eigenvalue weighted by atomic mass is 10.1. The van der Waals surface area contributed by atoms with Crippen LogP contribution in [0.3, 0.4) is 0 Å². The van der Waals surface area contributed by atoms with Crippen LogP contribution in [0.15, 0.2) is 54.6 Å². The summed E-state index contributed by atoms with van der Waals surface area (Å²) in [5, 5.41) is 7.29. The third kappa shape index (κ3) is 4.70. The molecule has 1 aliphatic rings. The molecule has 0 aliphatic heterocycles. The number of rotatable bonds is 8. The first kappa shape index (κ1) is 20.5. The average Bonchev–Trinajstić information content (AvgIpc) is 3.52. The molecule has 0 bridgehead atoms. The summed E-state index contributed by atoms with van der Waals surface area (Å²) in [5.74, 6) is 1.58. The molecule has 4 rings (SSSR count). The highest BCUT2D eigenvalue weighted by Gasteiger charge is 2.30. The third-order valence-electron chi connectivity index (χ3n) is 5.84. The summed E-state index contributed by atoms with van der Waals surface area (Å²) in [7, 11) is 0. The lowest BCUT2D eigenvalue weighted by Gasteiger charge is -2.30. The first-order chi connectivity index (χ1) is 14.5. The Hall–Kier alpha value is -2.73. The van der Waals surface area contributed by atoms with Gasteiger partial charge < -0.3 is 4.90 Å². The highest BCUT2D eigenvalue weighted by atomic mass is 32.1. The van der Waals surface area contributed by atoms with Gasteiger partial charge in [0.1, 0.15) is 0 Å². The van der Waals surface area contributed by atoms with Gasteiger partial charge in [-0.1, -0.05) is 60.2 Å². The van der Waals surface area contributed by atoms with Crippen LogP contribution in [0.1, 0.15) is 43.4 Å². The van der Waals surface area contributed by atoms with E-state index in [1.165, 1.54) is 24.0 Å². The van der Waals surface area contributed by atoms with E-state index in [2.05, 4.69) is 48.3 Å². The smallest absolute Gasteiger partial charge is 0.224 e. The van der Waals surface area contributed by atoms with Crippen molar-refractivity contribution in [1.82, 2.24) is 19.7 Å². The van der Waals surface area contributed by atoms with Crippen LogP contribution in [-0.2, 0) is 11.3 Å². The number of nitrogens with one attached hydrogen (secondary N) is 1. The number of hydrogen-bond donors (Lipinski definition) is 1. The summed E-state index contributed by atoms with van der Waals surface area (Å²) < 4.78 is 2.48. The average molecular weight is 421 g/mol. The summed E-state index contributed by atoms with van der Waals surface area (Å²) in [6, 6.07) is 18.5. The van der Waals surface area contributed by atoms with Gasteiger partial charge in [-0.05, 0) is 50.4 Å². The van der Waals surface area contributed by atoms with Crippen LogP contribution in [0.25, 0.3) is 11.4 Å². The number of carbonyl (C=O) groups is 1. The van der Waals surface area contributed by atoms with Crippen LogP contribution in [0.4, 0.5) is 0 Å². The van der Waals surface area contributed by atoms with Crippen molar-refractivity contribution in [2.75, 3.05) is 6.54 Å². The fourth-order valence-electron chi connectivity index (χ4n) is 3.77. The normalized spacial score (nSPS) is 14.5. The van der Waals surface area contributed by atoms with Crippen molar-refractivity contribution < 1.29 is 4.79 Å². The van der Waals surface area contributed by atoms with E-state index in [0.717, 1.165) is 17.9 Å². The van der Waals surface area contributed by atoms with Gasteiger partial charge in [-0.25, -0.2) is 0 Å². The molecular formula is C24H28N4OS. The van der Waals surface area contributed by atoms with Crippen LogP contribution < -0.4 is 0 Å². The molecule has 1 heterocycles. The lowest BCUT2D eigenvalue weighted by Crippen LogP contribution is -2.35. The van der Waals surface area contributed by atoms with E-state index in [4.69, 9.17) is 12.2 Å². The van der Waals surface area contributed by atoms with Gasteiger partial charge in [0.05, 0.1) is 6.04 Å². The molecule has 1 saturated carbocycles. The summed E-state index contributed by atoms with van der Waals surface area (Å²) in [6.45, 7) is 5.52. The summed E-state index contributed by atoms with van der Waals surface area (Å²) >= 11 is 5.44. The number of nitrogens with zero attached hydrogens (tertiary/aromatic N) is 3. The lowest BCUT2D eigenvalue weighted by molar-refractivity contribution is -0.133. The second-order valence-electron chi connectivity index (χ2n) is 8.20. The van der Waals surface area contributed by atoms with Crippen molar-refractivity contribution in [3.63, 3.8) is 0 Å². The minimum atomic E-state index is 0.0631. The van der Waals surface area contributed by atoms with E-state index < -0.39 is 0 Å². The number of amides is 1. The number of aryl methyl sites for hydroxylation is 1. The second-order valence-corrected chi connectivity index (χ2v) is 8.58. The second kappa shape index (κ2) is 8.96. The zero-order valence-electron chi connectivity index (χ0n) is 17.5. The maximum Gasteiger partial charge on any atom is 0.224 e. The Labute approximate surface area is 182 Å². The quantitative estimate of drug-likeness (QED) is 0.503. The SMILES string of the molecule is Cc1ccc(-c2n[nH]c(=S)n2CCC(=O)N(CC2CC2)C(C)c2ccccc2)cc1. The molecule has 156 valence electrons. The van der Waals surface area contributed by atoms with E-state index >= 15 is 0 Å². The molecular weight excluding hydrogens is 392 g/mol. The van der Waals surface area contributed by atoms with E-state index in [1.54, 1.807) is 0 Å². The summed E-state index contributed by atoms with van der Waals surface area (Å²) in [6.07, 6.45) is 2.84. The number of hydrogen-bond acceptors (Lipinski definition) is 3. The predicted octanol–water partition coefficient (Wildman–Crippen LogP) is 5.31. The Bertz CT molecular complexity index is 1050. The van der Waals surface area contributed by atoms with Gasteiger partial charge in [-0.15, -0.1) is 0 Å². The highest BCUT2D eigenvalue weighted by molar-refractivity contribution is 7.71. The molecule has 0 radical (unpaired) electrons. The van der Waals surface area contributed by atoms with Crippen molar-refractivity contribution >= 4 is 18.1 Å². The third-order valence-corrected chi connectivity index (χ3v) is 6.15. The molecule has 2 aromatic carbocycles. The van der Waals surface area contributed by atoms with Gasteiger partial charge in [0, 0.05) is 25.1 Å². The molecule has 30 heavy (non-hydrogen) atoms. The molecule has 0 saturated heterocycles. The monoisotopic (exact) mass is 420 g/mol. The molecule has 6 heteroatoms. The van der Waals surface area contributed by atoms with E-state index in [0.29, 0.717) is 23.7 Å². The maximum atomic E-state index is 13.3. The number of aromatic amines is 1. The van der Waals surface area contributed by atoms with Crippen molar-refractivity contribution in [2.24, 2.45) is 5.92 Å². The van der Waals surface area contributed by atoms with Gasteiger partial charge in [0.15, 0.2) is 10.6 Å². The number of aromatic nitrogens is 3. The zero-order chi connectivity index (χ0) is 21.1. The molecule has 1 N–H and O–H groups in total. The molecule has 3 aromatic rings. The van der Waals surface area contributed by atoms with Gasteiger partial charge in [0.2, 0.25) is 5.91 Å². The molecule has 1 unspecified atom stereocenters. The van der Waals surface area contributed by atoms with E-state index in [-0.39, 0.29) is 11.9 Å². The summed E-state index contributed by atoms with van der Waals surface area (Å²) in [5.41, 5.74) is 3.36. The minimum Gasteiger partial charge on any atom is -0.336 e. The fraction of sp³-hybridized carbons (Fsp3) is 0.375. The van der Waals surface area contributed by atoms with Gasteiger partial charge in [0.25, 0.3) is 0 Å². The van der Waals surface area contributed by atoms with Crippen molar-refractivity contribution in [3.8, 4) is 11.4 Å². The standard InChI is InChI=1S/C24H28N4OS/c1-17-8-12-21(13-9-17)23-25-26-24(30)27(23)15-14-22(29)28(16-19-10-11-19)18(2)20-6-4-3-5-7-20/h3-9,12-13,18-19H,10-11,14-16H2,1-2H3,(H,26,30). The first-order valence-corrected chi connectivity index (χ1v) is 11.0. The molecule has 0 spiro atoms. The molecule has 1 aliphatic carbocycles. The van der Waals surface area contributed by atoms with Crippen LogP contribution in [0.2, 0.25) is 0 Å². The molecule has 1 aromatic heterocycles. The van der Waals surface area contributed by atoms with Crippen molar-refractivity contribution in [3.05, 3.63) is 70.5 Å². The molecule has 1 fully saturated rings. The van der Waals surface area contributed by atoms with Crippen molar-refractivity contribution in [1.29, 1.82) is 0 Å². The summed E-state index contributed by atoms with van der Waals surface area (Å²) in [4.78, 5) is 15.3.